The summed E-state index contributed by atoms with van der Waals surface area (Å²) in [6.07, 6.45) is 7.57. The highest BCUT2D eigenvalue weighted by molar-refractivity contribution is 6.09. The Morgan fingerprint density at radius 2 is 1.12 bits per heavy atom. The van der Waals surface area contributed by atoms with Gasteiger partial charge in [-0.3, -0.25) is 9.97 Å². The third-order valence-corrected chi connectivity index (χ3v) is 3.30. The minimum Gasteiger partial charge on any atom is -0.264 e. The van der Waals surface area contributed by atoms with Crippen LogP contribution < -0.4 is 0 Å². The number of hydrogen-bond donors (Lipinski definition) is 0. The molecule has 3 aromatic rings. The van der Waals surface area contributed by atoms with Gasteiger partial charge in [0, 0.05) is 35.6 Å². The molecule has 0 bridgehead atoms. The molecule has 16 heavy (non-hydrogen) atoms. The first kappa shape index (κ1) is 9.28. The number of aromatic nitrogens is 2. The van der Waals surface area contributed by atoms with Crippen LogP contribution in [-0.4, -0.2) is 9.97 Å². The van der Waals surface area contributed by atoms with Gasteiger partial charge in [0.15, 0.2) is 0 Å². The van der Waals surface area contributed by atoms with Crippen molar-refractivity contribution in [3.63, 3.8) is 0 Å². The summed E-state index contributed by atoms with van der Waals surface area (Å²) in [6.45, 7) is 4.29. The highest BCUT2D eigenvalue weighted by Gasteiger charge is 2.07. The number of pyridine rings is 2. The normalized spacial score (nSPS) is 11.1. The Balaban J connectivity index is 2.69. The van der Waals surface area contributed by atoms with E-state index in [1.807, 2.05) is 24.8 Å². The Bertz CT molecular complexity index is 626. The van der Waals surface area contributed by atoms with Gasteiger partial charge in [-0.1, -0.05) is 0 Å². The fourth-order valence-electron chi connectivity index (χ4n) is 2.26. The molecule has 0 N–H and O–H groups in total. The predicted octanol–water partition coefficient (Wildman–Crippen LogP) is 3.40. The molecule has 0 fully saturated rings. The second-order valence-electron chi connectivity index (χ2n) is 4.09. The second-order valence-corrected chi connectivity index (χ2v) is 4.09. The Hall–Kier alpha value is -1.96. The molecule has 0 amide bonds. The summed E-state index contributed by atoms with van der Waals surface area (Å²) in [6, 6.07) is 4.15. The molecule has 0 aliphatic carbocycles. The van der Waals surface area contributed by atoms with E-state index in [1.54, 1.807) is 0 Å². The number of hydrogen-bond acceptors (Lipinski definition) is 2. The lowest BCUT2D eigenvalue weighted by Gasteiger charge is -2.10. The number of nitrogens with zero attached hydrogens (tertiary/aromatic N) is 2. The maximum atomic E-state index is 4.21. The van der Waals surface area contributed by atoms with Crippen LogP contribution in [0.2, 0.25) is 0 Å². The summed E-state index contributed by atoms with van der Waals surface area (Å²) in [5.74, 6) is 0. The summed E-state index contributed by atoms with van der Waals surface area (Å²) in [5.41, 5.74) is 2.59. The molecule has 0 spiro atoms. The first-order valence-corrected chi connectivity index (χ1v) is 5.35. The van der Waals surface area contributed by atoms with Crippen molar-refractivity contribution in [2.75, 3.05) is 0 Å². The van der Waals surface area contributed by atoms with Crippen molar-refractivity contribution < 1.29 is 0 Å². The molecule has 1 aromatic carbocycles. The molecule has 78 valence electrons. The van der Waals surface area contributed by atoms with Crippen LogP contribution in [0.4, 0.5) is 0 Å². The quantitative estimate of drug-likeness (QED) is 0.529. The largest absolute Gasteiger partial charge is 0.264 e. The number of fused-ring (bicyclic) bond motifs is 3. The van der Waals surface area contributed by atoms with Crippen LogP contribution in [0.3, 0.4) is 0 Å². The summed E-state index contributed by atoms with van der Waals surface area (Å²) < 4.78 is 0. The minimum absolute atomic E-state index is 1.23. The lowest BCUT2D eigenvalue weighted by molar-refractivity contribution is 1.32. The van der Waals surface area contributed by atoms with E-state index >= 15 is 0 Å². The molecule has 2 nitrogen and oxygen atoms in total. The van der Waals surface area contributed by atoms with Crippen molar-refractivity contribution in [1.82, 2.24) is 9.97 Å². The lowest BCUT2D eigenvalue weighted by atomic mass is 9.96. The second kappa shape index (κ2) is 3.27. The van der Waals surface area contributed by atoms with Crippen LogP contribution in [0.25, 0.3) is 21.5 Å². The fourth-order valence-corrected chi connectivity index (χ4v) is 2.26. The van der Waals surface area contributed by atoms with Crippen LogP contribution in [0.15, 0.2) is 36.9 Å². The first-order chi connectivity index (χ1) is 7.79. The summed E-state index contributed by atoms with van der Waals surface area (Å²) in [5, 5.41) is 4.99. The van der Waals surface area contributed by atoms with Gasteiger partial charge in [0.05, 0.1) is 0 Å². The lowest BCUT2D eigenvalue weighted by Crippen LogP contribution is -1.89. The molecule has 2 heterocycles. The van der Waals surface area contributed by atoms with Gasteiger partial charge in [-0.2, -0.15) is 0 Å². The molecule has 0 saturated carbocycles. The van der Waals surface area contributed by atoms with Crippen LogP contribution in [0, 0.1) is 13.8 Å². The van der Waals surface area contributed by atoms with Gasteiger partial charge in [-0.25, -0.2) is 0 Å². The van der Waals surface area contributed by atoms with Crippen molar-refractivity contribution >= 4 is 21.5 Å². The van der Waals surface area contributed by atoms with Crippen molar-refractivity contribution in [3.05, 3.63) is 48.0 Å². The molecule has 0 atom stereocenters. The molecule has 0 saturated heterocycles. The Labute approximate surface area is 94.0 Å². The summed E-state index contributed by atoms with van der Waals surface area (Å²) in [4.78, 5) is 8.41. The van der Waals surface area contributed by atoms with E-state index in [0.29, 0.717) is 0 Å². The van der Waals surface area contributed by atoms with E-state index in [2.05, 4.69) is 35.9 Å². The zero-order chi connectivity index (χ0) is 11.1. The van der Waals surface area contributed by atoms with Gasteiger partial charge < -0.3 is 0 Å². The number of benzene rings is 1. The predicted molar refractivity (Wildman–Crippen MR) is 66.5 cm³/mol. The number of aryl methyl sites for hydroxylation is 2. The zero-order valence-electron chi connectivity index (χ0n) is 9.36. The average molecular weight is 208 g/mol. The van der Waals surface area contributed by atoms with E-state index in [-0.39, 0.29) is 0 Å². The van der Waals surface area contributed by atoms with Gasteiger partial charge in [0.1, 0.15) is 0 Å². The van der Waals surface area contributed by atoms with Gasteiger partial charge >= 0.3 is 0 Å². The standard InChI is InChI=1S/C14H12N2/c1-9-10(2)14-8-16-6-4-12(14)11-3-5-15-7-13(9)11/h3-8H,1-2H3. The molecule has 2 heteroatoms. The zero-order valence-corrected chi connectivity index (χ0v) is 9.36. The molecule has 0 aliphatic heterocycles. The fraction of sp³-hybridized carbons (Fsp3) is 0.143. The topological polar surface area (TPSA) is 25.8 Å². The van der Waals surface area contributed by atoms with E-state index < -0.39 is 0 Å². The Morgan fingerprint density at radius 1 is 0.688 bits per heavy atom. The average Bonchev–Trinajstić information content (AvgIpc) is 2.36. The molecule has 0 radical (unpaired) electrons. The summed E-state index contributed by atoms with van der Waals surface area (Å²) in [7, 11) is 0. The third kappa shape index (κ3) is 1.13. The van der Waals surface area contributed by atoms with Gasteiger partial charge in [0.2, 0.25) is 0 Å². The van der Waals surface area contributed by atoms with Crippen LogP contribution in [0.5, 0.6) is 0 Å². The van der Waals surface area contributed by atoms with Crippen LogP contribution >= 0.6 is 0 Å². The first-order valence-electron chi connectivity index (χ1n) is 5.35. The van der Waals surface area contributed by atoms with Gasteiger partial charge in [0.25, 0.3) is 0 Å². The molecule has 0 unspecified atom stereocenters. The smallest absolute Gasteiger partial charge is 0.0349 e. The van der Waals surface area contributed by atoms with E-state index in [9.17, 15) is 0 Å². The molecular formula is C14H12N2. The van der Waals surface area contributed by atoms with Crippen molar-refractivity contribution in [2.24, 2.45) is 0 Å². The monoisotopic (exact) mass is 208 g/mol. The molecule has 0 aliphatic rings. The Morgan fingerprint density at radius 3 is 1.56 bits per heavy atom. The third-order valence-electron chi connectivity index (χ3n) is 3.30. The SMILES string of the molecule is Cc1c(C)c2cnccc2c2ccncc12. The van der Waals surface area contributed by atoms with Crippen molar-refractivity contribution in [2.45, 2.75) is 13.8 Å². The van der Waals surface area contributed by atoms with Gasteiger partial charge in [-0.15, -0.1) is 0 Å². The maximum Gasteiger partial charge on any atom is 0.0349 e. The van der Waals surface area contributed by atoms with Crippen LogP contribution in [0.1, 0.15) is 11.1 Å². The number of rotatable bonds is 0. The molecule has 2 aromatic heterocycles. The highest BCUT2D eigenvalue weighted by atomic mass is 14.6. The molecule has 3 rings (SSSR count). The highest BCUT2D eigenvalue weighted by Crippen LogP contribution is 2.30. The van der Waals surface area contributed by atoms with E-state index in [4.69, 9.17) is 0 Å². The molecular weight excluding hydrogens is 196 g/mol. The maximum absolute atomic E-state index is 4.21. The van der Waals surface area contributed by atoms with Crippen LogP contribution in [-0.2, 0) is 0 Å². The Kier molecular flexibility index (Phi) is 1.90. The van der Waals surface area contributed by atoms with Gasteiger partial charge in [-0.05, 0) is 47.9 Å². The van der Waals surface area contributed by atoms with E-state index in [0.717, 1.165) is 0 Å². The van der Waals surface area contributed by atoms with Crippen molar-refractivity contribution in [3.8, 4) is 0 Å². The van der Waals surface area contributed by atoms with Crippen molar-refractivity contribution in [1.29, 1.82) is 0 Å². The summed E-state index contributed by atoms with van der Waals surface area (Å²) >= 11 is 0. The van der Waals surface area contributed by atoms with E-state index in [1.165, 1.54) is 32.7 Å². The minimum atomic E-state index is 1.23.